The summed E-state index contributed by atoms with van der Waals surface area (Å²) >= 11 is 0. The van der Waals surface area contributed by atoms with Gasteiger partial charge in [-0.05, 0) is 63.9 Å². The van der Waals surface area contributed by atoms with Crippen molar-refractivity contribution in [3.63, 3.8) is 0 Å². The largest absolute Gasteiger partial charge is 0.756 e. The van der Waals surface area contributed by atoms with Crippen LogP contribution in [0.2, 0.25) is 0 Å². The number of unbranched alkanes of at least 4 members (excludes halogenated alkanes) is 45. The van der Waals surface area contributed by atoms with Gasteiger partial charge in [0.15, 0.2) is 0 Å². The second-order valence-electron chi connectivity index (χ2n) is 25.4. The van der Waals surface area contributed by atoms with Gasteiger partial charge in [-0.25, -0.2) is 0 Å². The summed E-state index contributed by atoms with van der Waals surface area (Å²) in [6.45, 7) is 6.88. The summed E-state index contributed by atoms with van der Waals surface area (Å²) in [6, 6.07) is -0.886. The van der Waals surface area contributed by atoms with E-state index in [0.717, 1.165) is 64.2 Å². The van der Waals surface area contributed by atoms with E-state index < -0.39 is 20.0 Å². The van der Waals surface area contributed by atoms with Crippen LogP contribution in [0.15, 0.2) is 36.5 Å². The molecule has 0 aliphatic heterocycles. The Balaban J connectivity index is 5.11. The number of esters is 1. The van der Waals surface area contributed by atoms with Crippen molar-refractivity contribution in [2.75, 3.05) is 40.9 Å². The van der Waals surface area contributed by atoms with Gasteiger partial charge in [0.2, 0.25) is 5.91 Å². The van der Waals surface area contributed by atoms with Crippen LogP contribution in [0.4, 0.5) is 0 Å². The van der Waals surface area contributed by atoms with Crippen molar-refractivity contribution in [1.29, 1.82) is 0 Å². The minimum Gasteiger partial charge on any atom is -0.756 e. The molecule has 9 nitrogen and oxygen atoms in total. The fraction of sp³-hybridized carbons (Fsp3) is 0.887. The van der Waals surface area contributed by atoms with Crippen molar-refractivity contribution < 1.29 is 37.3 Å². The molecule has 0 aliphatic rings. The predicted molar refractivity (Wildman–Crippen MR) is 349 cm³/mol. The van der Waals surface area contributed by atoms with Crippen LogP contribution < -0.4 is 10.2 Å². The molecule has 0 rings (SSSR count). The van der Waals surface area contributed by atoms with E-state index in [9.17, 15) is 19.0 Å². The first kappa shape index (κ1) is 79.2. The fourth-order valence-electron chi connectivity index (χ4n) is 10.6. The quantitative estimate of drug-likeness (QED) is 0.0212. The van der Waals surface area contributed by atoms with Gasteiger partial charge >= 0.3 is 5.97 Å². The first-order valence-corrected chi connectivity index (χ1v) is 36.8. The summed E-state index contributed by atoms with van der Waals surface area (Å²) in [5, 5.41) is 3.05. The van der Waals surface area contributed by atoms with E-state index in [1.807, 2.05) is 33.3 Å². The number of carbonyl (C=O) groups is 2. The third-order valence-electron chi connectivity index (χ3n) is 16.1. The predicted octanol–water partition coefficient (Wildman–Crippen LogP) is 21.6. The van der Waals surface area contributed by atoms with Gasteiger partial charge in [-0.15, -0.1) is 0 Å². The Bertz CT molecular complexity index is 1480. The van der Waals surface area contributed by atoms with Gasteiger partial charge in [0.1, 0.15) is 19.3 Å². The first-order chi connectivity index (χ1) is 39.4. The van der Waals surface area contributed by atoms with Crippen LogP contribution >= 0.6 is 7.82 Å². The molecule has 1 amide bonds. The number of amides is 1. The molecule has 0 fully saturated rings. The van der Waals surface area contributed by atoms with Gasteiger partial charge in [-0.2, -0.15) is 0 Å². The molecular weight excluding hydrogens is 1020 g/mol. The van der Waals surface area contributed by atoms with E-state index in [2.05, 4.69) is 50.4 Å². The molecule has 0 radical (unpaired) electrons. The monoisotopic (exact) mass is 1160 g/mol. The molecular formula is C71H137N2O7P. The van der Waals surface area contributed by atoms with E-state index in [1.54, 1.807) is 0 Å². The molecule has 3 unspecified atom stereocenters. The Kier molecular flexibility index (Phi) is 60.0. The molecule has 1 N–H and O–H groups in total. The summed E-state index contributed by atoms with van der Waals surface area (Å²) in [5.74, 6) is -0.523. The molecule has 0 heterocycles. The third-order valence-corrected chi connectivity index (χ3v) is 17.0. The number of carbonyl (C=O) groups excluding carboxylic acids is 2. The Morgan fingerprint density at radius 3 is 1.14 bits per heavy atom. The molecule has 0 bridgehead atoms. The van der Waals surface area contributed by atoms with Crippen molar-refractivity contribution in [1.82, 2.24) is 5.32 Å². The number of rotatable bonds is 65. The molecule has 0 aromatic heterocycles. The molecule has 3 atom stereocenters. The SMILES string of the molecule is CCCCC/C=C\C/C=C\CCCCCCCCCCCCCC(=O)OC(/C=C/CCCCCCCCCCCCC)C(COP(=O)([O-])OCC[N+](C)(C)C)NC(=O)CCCCCCCCCCCCCCCCCCCCCCC. The van der Waals surface area contributed by atoms with Crippen molar-refractivity contribution in [3.05, 3.63) is 36.5 Å². The number of hydrogen-bond acceptors (Lipinski definition) is 7. The van der Waals surface area contributed by atoms with Gasteiger partial charge in [-0.3, -0.25) is 14.2 Å². The summed E-state index contributed by atoms with van der Waals surface area (Å²) in [4.78, 5) is 40.2. The Labute approximate surface area is 504 Å². The zero-order valence-corrected chi connectivity index (χ0v) is 55.7. The lowest BCUT2D eigenvalue weighted by Crippen LogP contribution is -2.47. The van der Waals surface area contributed by atoms with Crippen LogP contribution in [0.25, 0.3) is 0 Å². The molecule has 478 valence electrons. The van der Waals surface area contributed by atoms with E-state index in [4.69, 9.17) is 13.8 Å². The van der Waals surface area contributed by atoms with Gasteiger partial charge in [0.25, 0.3) is 7.82 Å². The van der Waals surface area contributed by atoms with Crippen LogP contribution in [0.5, 0.6) is 0 Å². The van der Waals surface area contributed by atoms with E-state index >= 15 is 0 Å². The van der Waals surface area contributed by atoms with Crippen molar-refractivity contribution in [3.8, 4) is 0 Å². The zero-order chi connectivity index (χ0) is 59.3. The highest BCUT2D eigenvalue weighted by atomic mass is 31.2. The summed E-state index contributed by atoms with van der Waals surface area (Å²) in [7, 11) is 1.20. The first-order valence-electron chi connectivity index (χ1n) is 35.3. The average Bonchev–Trinajstić information content (AvgIpc) is 3.44. The maximum absolute atomic E-state index is 13.6. The zero-order valence-electron chi connectivity index (χ0n) is 54.8. The standard InChI is InChI=1S/C71H137N2O7P/c1-7-10-13-16-19-22-25-28-30-32-34-36-38-40-42-45-48-51-54-57-60-63-70(74)72-68(67-79-81(76,77)78-66-65-73(4,5)6)69(62-59-56-53-50-47-44-27-24-21-18-15-12-9-3)80-71(75)64-61-58-55-52-49-46-43-41-39-37-35-33-31-29-26-23-20-17-14-11-8-2/h20,23,29,31,59,62,68-69H,7-19,21-22,24-28,30,32-58,60-61,63-67H2,1-6H3,(H-,72,74,76,77)/b23-20-,31-29-,62-59+. The molecule has 0 saturated carbocycles. The fourth-order valence-corrected chi connectivity index (χ4v) is 11.3. The Hall–Kier alpha value is -1.77. The highest BCUT2D eigenvalue weighted by molar-refractivity contribution is 7.45. The van der Waals surface area contributed by atoms with Crippen molar-refractivity contribution >= 4 is 19.7 Å². The number of nitrogens with zero attached hydrogens (tertiary/aromatic N) is 1. The molecule has 0 aromatic carbocycles. The van der Waals surface area contributed by atoms with E-state index in [-0.39, 0.29) is 31.5 Å². The van der Waals surface area contributed by atoms with Crippen molar-refractivity contribution in [2.45, 2.75) is 367 Å². The number of phosphoric acid groups is 1. The second-order valence-corrected chi connectivity index (χ2v) is 26.8. The normalized spacial score (nSPS) is 13.7. The van der Waals surface area contributed by atoms with Gasteiger partial charge in [-0.1, -0.05) is 314 Å². The lowest BCUT2D eigenvalue weighted by Gasteiger charge is -2.30. The maximum Gasteiger partial charge on any atom is 0.306 e. The molecule has 81 heavy (non-hydrogen) atoms. The van der Waals surface area contributed by atoms with Crippen LogP contribution in [-0.2, 0) is 27.9 Å². The summed E-state index contributed by atoms with van der Waals surface area (Å²) < 4.78 is 30.5. The number of phosphoric ester groups is 1. The van der Waals surface area contributed by atoms with E-state index in [1.165, 1.54) is 257 Å². The number of likely N-dealkylation sites (N-methyl/N-ethyl adjacent to an activating group) is 1. The maximum atomic E-state index is 13.6. The minimum atomic E-state index is -4.70. The van der Waals surface area contributed by atoms with Crippen molar-refractivity contribution in [2.24, 2.45) is 0 Å². The molecule has 0 aliphatic carbocycles. The van der Waals surface area contributed by atoms with Crippen LogP contribution in [0.3, 0.4) is 0 Å². The number of ether oxygens (including phenoxy) is 1. The van der Waals surface area contributed by atoms with Gasteiger partial charge in [0, 0.05) is 12.8 Å². The lowest BCUT2D eigenvalue weighted by atomic mass is 10.0. The number of allylic oxidation sites excluding steroid dienone is 5. The van der Waals surface area contributed by atoms with Gasteiger partial charge in [0.05, 0.1) is 33.8 Å². The Morgan fingerprint density at radius 1 is 0.432 bits per heavy atom. The third kappa shape index (κ3) is 62.6. The van der Waals surface area contributed by atoms with Gasteiger partial charge < -0.3 is 28.5 Å². The molecule has 0 aromatic rings. The topological polar surface area (TPSA) is 114 Å². The summed E-state index contributed by atoms with van der Waals surface area (Å²) in [5.41, 5.74) is 0. The number of nitrogens with one attached hydrogen (secondary N) is 1. The Morgan fingerprint density at radius 2 is 0.753 bits per heavy atom. The lowest BCUT2D eigenvalue weighted by molar-refractivity contribution is -0.870. The number of hydrogen-bond donors (Lipinski definition) is 1. The van der Waals surface area contributed by atoms with Crippen LogP contribution in [-0.4, -0.2) is 69.4 Å². The average molecular weight is 1160 g/mol. The number of quaternary nitrogens is 1. The van der Waals surface area contributed by atoms with E-state index in [0.29, 0.717) is 17.4 Å². The smallest absolute Gasteiger partial charge is 0.306 e. The second kappa shape index (κ2) is 61.3. The summed E-state index contributed by atoms with van der Waals surface area (Å²) in [6.07, 6.45) is 75.4. The molecule has 0 saturated heterocycles. The highest BCUT2D eigenvalue weighted by Gasteiger charge is 2.27. The molecule has 10 heteroatoms. The highest BCUT2D eigenvalue weighted by Crippen LogP contribution is 2.38. The minimum absolute atomic E-state index is 0.0195. The van der Waals surface area contributed by atoms with Crippen LogP contribution in [0, 0.1) is 0 Å². The van der Waals surface area contributed by atoms with Crippen LogP contribution in [0.1, 0.15) is 355 Å². The molecule has 0 spiro atoms.